The molecular formula is C35H33ClN2O2. The van der Waals surface area contributed by atoms with Crippen LogP contribution in [0.5, 0.6) is 11.6 Å². The fraction of sp³-hybridized carbons (Fsp3) is 0.229. The molecule has 0 spiro atoms. The van der Waals surface area contributed by atoms with Crippen LogP contribution in [0.1, 0.15) is 48.4 Å². The SMILES string of the molecule is NC(c1ccccc1)[C@]1(c2ccccc2)CC[C@@H](Oc2cc3ccnc(OCc4ccccc4)c3cc2Cl)CC1. The van der Waals surface area contributed by atoms with Crippen molar-refractivity contribution in [2.45, 2.75) is 49.9 Å². The maximum atomic E-state index is 7.02. The van der Waals surface area contributed by atoms with Crippen LogP contribution >= 0.6 is 11.6 Å². The average Bonchev–Trinajstić information content (AvgIpc) is 3.02. The first-order valence-corrected chi connectivity index (χ1v) is 14.3. The van der Waals surface area contributed by atoms with E-state index in [1.807, 2.05) is 54.6 Å². The number of aromatic nitrogens is 1. The number of rotatable bonds is 8. The highest BCUT2D eigenvalue weighted by molar-refractivity contribution is 6.33. The summed E-state index contributed by atoms with van der Waals surface area (Å²) in [6.07, 6.45) is 5.48. The van der Waals surface area contributed by atoms with Crippen molar-refractivity contribution >= 4 is 22.4 Å². The van der Waals surface area contributed by atoms with Crippen LogP contribution in [0.2, 0.25) is 5.02 Å². The van der Waals surface area contributed by atoms with Gasteiger partial charge in [-0.25, -0.2) is 4.98 Å². The van der Waals surface area contributed by atoms with Gasteiger partial charge in [-0.2, -0.15) is 0 Å². The molecule has 1 heterocycles. The summed E-state index contributed by atoms with van der Waals surface area (Å²) in [6, 6.07) is 37.0. The smallest absolute Gasteiger partial charge is 0.221 e. The lowest BCUT2D eigenvalue weighted by molar-refractivity contribution is 0.104. The van der Waals surface area contributed by atoms with Crippen molar-refractivity contribution < 1.29 is 9.47 Å². The molecule has 1 unspecified atom stereocenters. The van der Waals surface area contributed by atoms with Crippen molar-refractivity contribution in [2.75, 3.05) is 0 Å². The summed E-state index contributed by atoms with van der Waals surface area (Å²) in [6.45, 7) is 0.444. The van der Waals surface area contributed by atoms with Crippen LogP contribution in [0.3, 0.4) is 0 Å². The van der Waals surface area contributed by atoms with Crippen LogP contribution in [-0.2, 0) is 12.0 Å². The van der Waals surface area contributed by atoms with Gasteiger partial charge in [0.1, 0.15) is 12.4 Å². The van der Waals surface area contributed by atoms with Crippen molar-refractivity contribution in [2.24, 2.45) is 5.73 Å². The number of fused-ring (bicyclic) bond motifs is 1. The fourth-order valence-corrected chi connectivity index (χ4v) is 6.22. The minimum atomic E-state index is -0.147. The van der Waals surface area contributed by atoms with Gasteiger partial charge in [0.15, 0.2) is 0 Å². The van der Waals surface area contributed by atoms with Gasteiger partial charge in [0, 0.05) is 23.0 Å². The van der Waals surface area contributed by atoms with Gasteiger partial charge in [-0.3, -0.25) is 0 Å². The van der Waals surface area contributed by atoms with E-state index < -0.39 is 0 Å². The standard InChI is InChI=1S/C35H33ClN2O2/c36-31-23-30-27(18-21-38-34(30)39-24-25-10-4-1-5-11-25)22-32(31)40-29-16-19-35(20-17-29,28-14-8-3-9-15-28)33(37)26-12-6-2-7-13-26/h1-15,18,21-23,29,33H,16-17,19-20,24,37H2/t29-,33?,35-. The van der Waals surface area contributed by atoms with E-state index in [1.165, 1.54) is 11.1 Å². The van der Waals surface area contributed by atoms with Gasteiger partial charge in [0.05, 0.1) is 11.1 Å². The van der Waals surface area contributed by atoms with Crippen LogP contribution in [0.15, 0.2) is 115 Å². The lowest BCUT2D eigenvalue weighted by atomic mass is 9.63. The van der Waals surface area contributed by atoms with E-state index in [0.717, 1.165) is 42.0 Å². The first-order valence-electron chi connectivity index (χ1n) is 13.9. The molecule has 0 bridgehead atoms. The van der Waals surface area contributed by atoms with E-state index >= 15 is 0 Å². The minimum absolute atomic E-state index is 0.0606. The third kappa shape index (κ3) is 5.42. The summed E-state index contributed by atoms with van der Waals surface area (Å²) >= 11 is 6.77. The molecular weight excluding hydrogens is 516 g/mol. The summed E-state index contributed by atoms with van der Waals surface area (Å²) < 4.78 is 12.6. The first kappa shape index (κ1) is 26.4. The maximum absolute atomic E-state index is 7.02. The Morgan fingerprint density at radius 2 is 1.50 bits per heavy atom. The van der Waals surface area contributed by atoms with Crippen molar-refractivity contribution in [1.29, 1.82) is 0 Å². The van der Waals surface area contributed by atoms with E-state index in [2.05, 4.69) is 59.6 Å². The van der Waals surface area contributed by atoms with Gasteiger partial charge >= 0.3 is 0 Å². The highest BCUT2D eigenvalue weighted by Gasteiger charge is 2.43. The molecule has 2 N–H and O–H groups in total. The van der Waals surface area contributed by atoms with E-state index in [4.69, 9.17) is 26.8 Å². The number of hydrogen-bond donors (Lipinski definition) is 1. The van der Waals surface area contributed by atoms with E-state index in [-0.39, 0.29) is 17.6 Å². The van der Waals surface area contributed by atoms with E-state index in [9.17, 15) is 0 Å². The molecule has 0 aliphatic heterocycles. The van der Waals surface area contributed by atoms with Crippen molar-refractivity contribution in [3.8, 4) is 11.6 Å². The number of halogens is 1. The number of benzene rings is 4. The molecule has 0 saturated heterocycles. The van der Waals surface area contributed by atoms with Gasteiger partial charge in [0.2, 0.25) is 5.88 Å². The molecule has 4 nitrogen and oxygen atoms in total. The number of ether oxygens (including phenoxy) is 2. The van der Waals surface area contributed by atoms with Crippen molar-refractivity contribution in [1.82, 2.24) is 4.98 Å². The Hall–Kier alpha value is -3.86. The third-order valence-corrected chi connectivity index (χ3v) is 8.52. The van der Waals surface area contributed by atoms with Crippen LogP contribution in [-0.4, -0.2) is 11.1 Å². The first-order chi connectivity index (χ1) is 19.6. The predicted molar refractivity (Wildman–Crippen MR) is 162 cm³/mol. The molecule has 0 amide bonds. The molecule has 6 rings (SSSR count). The molecule has 1 aliphatic rings. The second-order valence-electron chi connectivity index (χ2n) is 10.6. The maximum Gasteiger partial charge on any atom is 0.221 e. The third-order valence-electron chi connectivity index (χ3n) is 8.22. The Labute approximate surface area is 240 Å². The molecule has 5 aromatic rings. The molecule has 40 heavy (non-hydrogen) atoms. The molecule has 1 saturated carbocycles. The zero-order valence-corrected chi connectivity index (χ0v) is 23.1. The fourth-order valence-electron chi connectivity index (χ4n) is 6.01. The largest absolute Gasteiger partial charge is 0.489 e. The van der Waals surface area contributed by atoms with Gasteiger partial charge in [0.25, 0.3) is 0 Å². The van der Waals surface area contributed by atoms with E-state index in [1.54, 1.807) is 6.20 Å². The van der Waals surface area contributed by atoms with Crippen LogP contribution in [0.4, 0.5) is 0 Å². The van der Waals surface area contributed by atoms with Gasteiger partial charge in [-0.15, -0.1) is 0 Å². The normalized spacial score (nSPS) is 19.7. The minimum Gasteiger partial charge on any atom is -0.489 e. The Morgan fingerprint density at radius 3 is 2.20 bits per heavy atom. The Balaban J connectivity index is 1.20. The summed E-state index contributed by atoms with van der Waals surface area (Å²) in [5.74, 6) is 1.26. The van der Waals surface area contributed by atoms with Gasteiger partial charge in [-0.05, 0) is 66.0 Å². The van der Waals surface area contributed by atoms with Crippen molar-refractivity contribution in [3.05, 3.63) is 137 Å². The van der Waals surface area contributed by atoms with Crippen LogP contribution in [0, 0.1) is 0 Å². The molecule has 5 heteroatoms. The second-order valence-corrected chi connectivity index (χ2v) is 11.0. The molecule has 1 aliphatic carbocycles. The number of nitrogens with zero attached hydrogens (tertiary/aromatic N) is 1. The van der Waals surface area contributed by atoms with Gasteiger partial charge < -0.3 is 15.2 Å². The lowest BCUT2D eigenvalue weighted by Gasteiger charge is -2.45. The zero-order valence-electron chi connectivity index (χ0n) is 22.4. The molecule has 1 atom stereocenters. The monoisotopic (exact) mass is 548 g/mol. The number of hydrogen-bond acceptors (Lipinski definition) is 4. The summed E-state index contributed by atoms with van der Waals surface area (Å²) in [7, 11) is 0. The van der Waals surface area contributed by atoms with E-state index in [0.29, 0.717) is 23.3 Å². The molecule has 202 valence electrons. The molecule has 1 aromatic heterocycles. The number of pyridine rings is 1. The summed E-state index contributed by atoms with van der Waals surface area (Å²) in [4.78, 5) is 4.46. The average molecular weight is 549 g/mol. The second kappa shape index (κ2) is 11.7. The quantitative estimate of drug-likeness (QED) is 0.211. The predicted octanol–water partition coefficient (Wildman–Crippen LogP) is 8.43. The molecule has 1 fully saturated rings. The number of nitrogens with two attached hydrogens (primary N) is 1. The molecule has 0 radical (unpaired) electrons. The Morgan fingerprint density at radius 1 is 0.850 bits per heavy atom. The summed E-state index contributed by atoms with van der Waals surface area (Å²) in [5, 5.41) is 2.42. The van der Waals surface area contributed by atoms with Crippen molar-refractivity contribution in [3.63, 3.8) is 0 Å². The highest BCUT2D eigenvalue weighted by atomic mass is 35.5. The van der Waals surface area contributed by atoms with Gasteiger partial charge in [-0.1, -0.05) is 103 Å². The molecule has 4 aromatic carbocycles. The lowest BCUT2D eigenvalue weighted by Crippen LogP contribution is -2.43. The zero-order chi connectivity index (χ0) is 27.4. The summed E-state index contributed by atoms with van der Waals surface area (Å²) in [5.41, 5.74) is 10.4. The highest BCUT2D eigenvalue weighted by Crippen LogP contribution is 2.48. The topological polar surface area (TPSA) is 57.4 Å². The van der Waals surface area contributed by atoms with Crippen LogP contribution in [0.25, 0.3) is 10.8 Å². The Kier molecular flexibility index (Phi) is 7.72. The Bertz CT molecular complexity index is 1550. The van der Waals surface area contributed by atoms with Crippen LogP contribution < -0.4 is 15.2 Å².